The predicted molar refractivity (Wildman–Crippen MR) is 178 cm³/mol. The van der Waals surface area contributed by atoms with Gasteiger partial charge in [0.05, 0.1) is 33.2 Å². The van der Waals surface area contributed by atoms with Crippen LogP contribution >= 0.6 is 0 Å². The maximum absolute atomic E-state index is 10.6. The quantitative estimate of drug-likeness (QED) is 0.190. The number of imidazole rings is 1. The normalized spacial score (nSPS) is 11.3. The predicted octanol–water partition coefficient (Wildman–Crippen LogP) is 7.39. The van der Waals surface area contributed by atoms with E-state index < -0.39 is 7.12 Å². The number of rotatable bonds is 7. The van der Waals surface area contributed by atoms with Crippen LogP contribution in [-0.4, -0.2) is 31.3 Å². The molecule has 0 amide bonds. The van der Waals surface area contributed by atoms with Gasteiger partial charge in [0.25, 0.3) is 0 Å². The van der Waals surface area contributed by atoms with Crippen molar-refractivity contribution in [1.82, 2.24) is 14.1 Å². The van der Waals surface area contributed by atoms with Gasteiger partial charge >= 0.3 is 7.12 Å². The number of hydrogen-bond donors (Lipinski definition) is 2. The largest absolute Gasteiger partial charge is 0.496 e. The molecule has 7 nitrogen and oxygen atoms in total. The molecule has 2 heterocycles. The smallest absolute Gasteiger partial charge is 0.458 e. The molecule has 0 spiro atoms. The molecule has 0 saturated carbocycles. The molecule has 0 saturated heterocycles. The summed E-state index contributed by atoms with van der Waals surface area (Å²) >= 11 is 0. The fourth-order valence-corrected chi connectivity index (χ4v) is 5.93. The van der Waals surface area contributed by atoms with Gasteiger partial charge in [-0.2, -0.15) is 0 Å². The van der Waals surface area contributed by atoms with Crippen molar-refractivity contribution < 1.29 is 19.5 Å². The lowest BCUT2D eigenvalue weighted by atomic mass is 9.78. The van der Waals surface area contributed by atoms with Gasteiger partial charge in [-0.05, 0) is 48.5 Å². The molecular formula is C37H26BN3O4. The lowest BCUT2D eigenvalue weighted by molar-refractivity contribution is 0.414. The third kappa shape index (κ3) is 4.69. The number of hydrogen-bond acceptors (Lipinski definition) is 5. The molecule has 2 N–H and O–H groups in total. The van der Waals surface area contributed by atoms with E-state index in [1.54, 1.807) is 12.1 Å². The number of nitrogens with zero attached hydrogens (tertiary/aromatic N) is 3. The first-order chi connectivity index (χ1) is 22.2. The van der Waals surface area contributed by atoms with Crippen LogP contribution in [0.4, 0.5) is 0 Å². The highest BCUT2D eigenvalue weighted by molar-refractivity contribution is 6.61. The minimum atomic E-state index is -1.87. The van der Waals surface area contributed by atoms with E-state index in [1.165, 1.54) is 0 Å². The van der Waals surface area contributed by atoms with Crippen molar-refractivity contribution in [3.63, 3.8) is 0 Å². The zero-order valence-electron chi connectivity index (χ0n) is 24.0. The third-order valence-corrected chi connectivity index (χ3v) is 7.87. The topological polar surface area (TPSA) is 81.7 Å². The molecule has 0 aliphatic heterocycles. The van der Waals surface area contributed by atoms with Gasteiger partial charge in [0.15, 0.2) is 0 Å². The van der Waals surface area contributed by atoms with E-state index >= 15 is 0 Å². The van der Waals surface area contributed by atoms with Crippen LogP contribution in [0.3, 0.4) is 0 Å². The van der Waals surface area contributed by atoms with Crippen LogP contribution in [0.5, 0.6) is 23.0 Å². The van der Waals surface area contributed by atoms with Crippen LogP contribution in [0.15, 0.2) is 146 Å². The molecule has 216 valence electrons. The van der Waals surface area contributed by atoms with E-state index in [0.717, 1.165) is 32.8 Å². The lowest BCUT2D eigenvalue weighted by Crippen LogP contribution is -2.32. The zero-order chi connectivity index (χ0) is 30.3. The van der Waals surface area contributed by atoms with Crippen molar-refractivity contribution in [3.05, 3.63) is 146 Å². The SMILES string of the molecule is OB(O)c1c(Oc2ccccc2)cc(-n2c(-n3c4ccccc4c4ccccc43)nc3ccccc32)cc1Oc1ccccc1. The van der Waals surface area contributed by atoms with Crippen molar-refractivity contribution in [2.45, 2.75) is 0 Å². The first-order valence-corrected chi connectivity index (χ1v) is 14.6. The lowest BCUT2D eigenvalue weighted by Gasteiger charge is -2.19. The molecule has 8 heteroatoms. The minimum absolute atomic E-state index is 0.106. The third-order valence-electron chi connectivity index (χ3n) is 7.87. The van der Waals surface area contributed by atoms with Crippen molar-refractivity contribution in [2.24, 2.45) is 0 Å². The molecule has 0 aliphatic carbocycles. The van der Waals surface area contributed by atoms with Crippen LogP contribution in [0, 0.1) is 0 Å². The highest BCUT2D eigenvalue weighted by Crippen LogP contribution is 2.37. The Morgan fingerprint density at radius 3 is 1.51 bits per heavy atom. The Hall–Kier alpha value is -5.83. The number of aromatic nitrogens is 3. The standard InChI is InChI=1S/C37H26BN3O4/c42-38(43)36-34(44-26-13-3-1-4-14-26)23-25(24-35(36)45-27-15-5-2-6-16-27)40-33-22-12-9-19-30(33)39-37(40)41-31-20-10-7-17-28(31)29-18-8-11-21-32(29)41/h1-24,42-43H. The number of para-hydroxylation sites is 6. The molecule has 0 unspecified atom stereocenters. The molecule has 0 bridgehead atoms. The summed E-state index contributed by atoms with van der Waals surface area (Å²) in [5, 5.41) is 23.5. The molecule has 0 radical (unpaired) electrons. The van der Waals surface area contributed by atoms with E-state index in [4.69, 9.17) is 14.5 Å². The van der Waals surface area contributed by atoms with E-state index in [-0.39, 0.29) is 17.0 Å². The molecule has 0 aliphatic rings. The van der Waals surface area contributed by atoms with Gasteiger partial charge in [-0.25, -0.2) is 4.98 Å². The van der Waals surface area contributed by atoms with Gasteiger partial charge in [0.1, 0.15) is 23.0 Å². The van der Waals surface area contributed by atoms with Crippen LogP contribution in [0.2, 0.25) is 0 Å². The maximum Gasteiger partial charge on any atom is 0.496 e. The van der Waals surface area contributed by atoms with Crippen molar-refractivity contribution >= 4 is 45.4 Å². The Morgan fingerprint density at radius 1 is 0.511 bits per heavy atom. The molecule has 8 aromatic rings. The van der Waals surface area contributed by atoms with Gasteiger partial charge in [-0.15, -0.1) is 0 Å². The van der Waals surface area contributed by atoms with E-state index in [1.807, 2.05) is 109 Å². The summed E-state index contributed by atoms with van der Waals surface area (Å²) in [5.41, 5.74) is 4.47. The summed E-state index contributed by atoms with van der Waals surface area (Å²) in [6, 6.07) is 46.6. The second-order valence-corrected chi connectivity index (χ2v) is 10.7. The number of fused-ring (bicyclic) bond motifs is 4. The Bertz CT molecular complexity index is 2200. The highest BCUT2D eigenvalue weighted by atomic mass is 16.5. The van der Waals surface area contributed by atoms with Crippen LogP contribution < -0.4 is 14.9 Å². The van der Waals surface area contributed by atoms with Gasteiger partial charge in [0, 0.05) is 22.9 Å². The van der Waals surface area contributed by atoms with Gasteiger partial charge in [0.2, 0.25) is 5.95 Å². The Balaban J connectivity index is 1.44. The molecule has 6 aromatic carbocycles. The molecule has 45 heavy (non-hydrogen) atoms. The summed E-state index contributed by atoms with van der Waals surface area (Å²) in [4.78, 5) is 5.16. The fourth-order valence-electron chi connectivity index (χ4n) is 5.93. The van der Waals surface area contributed by atoms with Crippen LogP contribution in [0.1, 0.15) is 0 Å². The monoisotopic (exact) mass is 587 g/mol. The number of ether oxygens (including phenoxy) is 2. The summed E-state index contributed by atoms with van der Waals surface area (Å²) in [6.45, 7) is 0. The van der Waals surface area contributed by atoms with E-state index in [9.17, 15) is 10.0 Å². The van der Waals surface area contributed by atoms with Crippen molar-refractivity contribution in [1.29, 1.82) is 0 Å². The molecule has 2 aromatic heterocycles. The number of benzene rings is 6. The second kappa shape index (κ2) is 11.0. The van der Waals surface area contributed by atoms with E-state index in [0.29, 0.717) is 23.1 Å². The minimum Gasteiger partial charge on any atom is -0.458 e. The Morgan fingerprint density at radius 2 is 0.978 bits per heavy atom. The first kappa shape index (κ1) is 26.8. The van der Waals surface area contributed by atoms with Crippen molar-refractivity contribution in [3.8, 4) is 34.6 Å². The van der Waals surface area contributed by atoms with Crippen LogP contribution in [-0.2, 0) is 0 Å². The highest BCUT2D eigenvalue weighted by Gasteiger charge is 2.28. The molecular weight excluding hydrogens is 561 g/mol. The van der Waals surface area contributed by atoms with Gasteiger partial charge in [-0.1, -0.05) is 84.9 Å². The van der Waals surface area contributed by atoms with E-state index in [2.05, 4.69) is 33.4 Å². The summed E-state index contributed by atoms with van der Waals surface area (Å²) in [7, 11) is -1.87. The molecule has 8 rings (SSSR count). The average Bonchev–Trinajstić information content (AvgIpc) is 3.61. The Kier molecular flexibility index (Phi) is 6.56. The zero-order valence-corrected chi connectivity index (χ0v) is 24.0. The summed E-state index contributed by atoms with van der Waals surface area (Å²) in [5.74, 6) is 2.24. The van der Waals surface area contributed by atoms with Gasteiger partial charge < -0.3 is 19.5 Å². The molecule has 0 fully saturated rings. The summed E-state index contributed by atoms with van der Waals surface area (Å²) < 4.78 is 16.9. The van der Waals surface area contributed by atoms with Gasteiger partial charge in [-0.3, -0.25) is 9.13 Å². The fraction of sp³-hybridized carbons (Fsp3) is 0. The second-order valence-electron chi connectivity index (χ2n) is 10.7. The Labute approximate surface area is 258 Å². The molecule has 0 atom stereocenters. The maximum atomic E-state index is 10.6. The first-order valence-electron chi connectivity index (χ1n) is 14.6. The average molecular weight is 587 g/mol. The van der Waals surface area contributed by atoms with Crippen molar-refractivity contribution in [2.75, 3.05) is 0 Å². The van der Waals surface area contributed by atoms with Crippen LogP contribution in [0.25, 0.3) is 44.5 Å². The summed E-state index contributed by atoms with van der Waals surface area (Å²) in [6.07, 6.45) is 0.